The SMILES string of the molecule is CCCNCC=Cc1cccc(C#N)c1. The van der Waals surface area contributed by atoms with Crippen molar-refractivity contribution >= 4 is 6.08 Å². The summed E-state index contributed by atoms with van der Waals surface area (Å²) in [7, 11) is 0. The third kappa shape index (κ3) is 4.44. The molecule has 0 aliphatic heterocycles. The maximum Gasteiger partial charge on any atom is 0.0991 e. The summed E-state index contributed by atoms with van der Waals surface area (Å²) in [4.78, 5) is 0. The van der Waals surface area contributed by atoms with Crippen LogP contribution in [-0.2, 0) is 0 Å². The minimum absolute atomic E-state index is 0.707. The lowest BCUT2D eigenvalue weighted by atomic mass is 10.1. The fourth-order valence-electron chi connectivity index (χ4n) is 1.27. The Kier molecular flexibility index (Phi) is 5.21. The number of benzene rings is 1. The highest BCUT2D eigenvalue weighted by Gasteiger charge is 1.89. The molecule has 1 rings (SSSR count). The van der Waals surface area contributed by atoms with E-state index in [1.807, 2.05) is 30.3 Å². The molecule has 0 amide bonds. The lowest BCUT2D eigenvalue weighted by molar-refractivity contribution is 0.730. The van der Waals surface area contributed by atoms with Crippen molar-refractivity contribution in [3.8, 4) is 6.07 Å². The van der Waals surface area contributed by atoms with Crippen molar-refractivity contribution in [1.82, 2.24) is 5.32 Å². The van der Waals surface area contributed by atoms with Crippen LogP contribution in [-0.4, -0.2) is 13.1 Å². The molecule has 0 unspecified atom stereocenters. The van der Waals surface area contributed by atoms with Gasteiger partial charge in [-0.15, -0.1) is 0 Å². The van der Waals surface area contributed by atoms with Crippen LogP contribution in [0.1, 0.15) is 24.5 Å². The fraction of sp³-hybridized carbons (Fsp3) is 0.308. The second-order valence-corrected chi connectivity index (χ2v) is 3.34. The first kappa shape index (κ1) is 11.5. The van der Waals surface area contributed by atoms with Gasteiger partial charge in [0.1, 0.15) is 0 Å². The second-order valence-electron chi connectivity index (χ2n) is 3.34. The molecule has 0 atom stereocenters. The summed E-state index contributed by atoms with van der Waals surface area (Å²) in [6.07, 6.45) is 5.26. The van der Waals surface area contributed by atoms with E-state index < -0.39 is 0 Å². The third-order valence-corrected chi connectivity index (χ3v) is 2.01. The Morgan fingerprint density at radius 1 is 1.47 bits per heavy atom. The molecule has 0 heterocycles. The average Bonchev–Trinajstić information content (AvgIpc) is 2.29. The predicted octanol–water partition coefficient (Wildman–Crippen LogP) is 2.57. The molecule has 0 saturated carbocycles. The minimum atomic E-state index is 0.707. The Labute approximate surface area is 91.2 Å². The summed E-state index contributed by atoms with van der Waals surface area (Å²) in [5.74, 6) is 0. The van der Waals surface area contributed by atoms with Crippen molar-refractivity contribution in [1.29, 1.82) is 5.26 Å². The van der Waals surface area contributed by atoms with Gasteiger partial charge in [0.25, 0.3) is 0 Å². The van der Waals surface area contributed by atoms with Crippen LogP contribution in [0.5, 0.6) is 0 Å². The fourth-order valence-corrected chi connectivity index (χ4v) is 1.27. The zero-order valence-corrected chi connectivity index (χ0v) is 9.03. The van der Waals surface area contributed by atoms with E-state index in [0.29, 0.717) is 5.56 Å². The molecule has 0 aliphatic carbocycles. The molecule has 0 radical (unpaired) electrons. The average molecular weight is 200 g/mol. The molecule has 15 heavy (non-hydrogen) atoms. The molecule has 2 nitrogen and oxygen atoms in total. The van der Waals surface area contributed by atoms with E-state index in [-0.39, 0.29) is 0 Å². The molecule has 1 N–H and O–H groups in total. The quantitative estimate of drug-likeness (QED) is 0.741. The van der Waals surface area contributed by atoms with Crippen LogP contribution in [0.15, 0.2) is 30.3 Å². The summed E-state index contributed by atoms with van der Waals surface area (Å²) in [6, 6.07) is 9.72. The van der Waals surface area contributed by atoms with Gasteiger partial charge in [-0.1, -0.05) is 31.2 Å². The van der Waals surface area contributed by atoms with Crippen LogP contribution in [0, 0.1) is 11.3 Å². The van der Waals surface area contributed by atoms with Gasteiger partial charge in [0.05, 0.1) is 11.6 Å². The van der Waals surface area contributed by atoms with E-state index in [1.54, 1.807) is 0 Å². The third-order valence-electron chi connectivity index (χ3n) is 2.01. The molecule has 0 aliphatic rings. The van der Waals surface area contributed by atoms with Gasteiger partial charge in [-0.3, -0.25) is 0 Å². The maximum atomic E-state index is 8.72. The summed E-state index contributed by atoms with van der Waals surface area (Å²) in [5.41, 5.74) is 1.78. The van der Waals surface area contributed by atoms with Gasteiger partial charge in [0.15, 0.2) is 0 Å². The Hall–Kier alpha value is -1.59. The molecule has 0 fully saturated rings. The van der Waals surface area contributed by atoms with Crippen molar-refractivity contribution in [2.24, 2.45) is 0 Å². The smallest absolute Gasteiger partial charge is 0.0991 e. The van der Waals surface area contributed by atoms with Crippen molar-refractivity contribution in [2.75, 3.05) is 13.1 Å². The summed E-state index contributed by atoms with van der Waals surface area (Å²) < 4.78 is 0. The van der Waals surface area contributed by atoms with E-state index in [0.717, 1.165) is 25.1 Å². The Morgan fingerprint density at radius 3 is 3.07 bits per heavy atom. The number of nitrogens with zero attached hydrogens (tertiary/aromatic N) is 1. The van der Waals surface area contributed by atoms with Crippen LogP contribution in [0.3, 0.4) is 0 Å². The van der Waals surface area contributed by atoms with Crippen LogP contribution in [0.25, 0.3) is 6.08 Å². The number of nitriles is 1. The lowest BCUT2D eigenvalue weighted by Gasteiger charge is -1.97. The summed E-state index contributed by atoms with van der Waals surface area (Å²) in [5, 5.41) is 12.0. The highest BCUT2D eigenvalue weighted by Crippen LogP contribution is 2.05. The molecule has 1 aromatic carbocycles. The van der Waals surface area contributed by atoms with Gasteiger partial charge in [-0.2, -0.15) is 5.26 Å². The molecular weight excluding hydrogens is 184 g/mol. The van der Waals surface area contributed by atoms with Gasteiger partial charge < -0.3 is 5.32 Å². The maximum absolute atomic E-state index is 8.72. The highest BCUT2D eigenvalue weighted by atomic mass is 14.8. The van der Waals surface area contributed by atoms with Gasteiger partial charge in [0.2, 0.25) is 0 Å². The van der Waals surface area contributed by atoms with Crippen LogP contribution < -0.4 is 5.32 Å². The first-order valence-corrected chi connectivity index (χ1v) is 5.24. The van der Waals surface area contributed by atoms with E-state index >= 15 is 0 Å². The standard InChI is InChI=1S/C13H16N2/c1-2-8-15-9-4-7-12-5-3-6-13(10-12)11-14/h3-7,10,15H,2,8-9H2,1H3. The van der Waals surface area contributed by atoms with Crippen molar-refractivity contribution in [2.45, 2.75) is 13.3 Å². The van der Waals surface area contributed by atoms with Crippen LogP contribution in [0.4, 0.5) is 0 Å². The Balaban J connectivity index is 2.46. The normalized spacial score (nSPS) is 10.4. The minimum Gasteiger partial charge on any atom is -0.313 e. The molecule has 1 aromatic rings. The van der Waals surface area contributed by atoms with E-state index in [9.17, 15) is 0 Å². The highest BCUT2D eigenvalue weighted by molar-refractivity contribution is 5.52. The topological polar surface area (TPSA) is 35.8 Å². The monoisotopic (exact) mass is 200 g/mol. The molecule has 0 aromatic heterocycles. The lowest BCUT2D eigenvalue weighted by Crippen LogP contribution is -2.13. The summed E-state index contributed by atoms with van der Waals surface area (Å²) >= 11 is 0. The Morgan fingerprint density at radius 2 is 2.33 bits per heavy atom. The second kappa shape index (κ2) is 6.80. The van der Waals surface area contributed by atoms with Gasteiger partial charge in [-0.05, 0) is 30.7 Å². The van der Waals surface area contributed by atoms with E-state index in [4.69, 9.17) is 5.26 Å². The zero-order valence-electron chi connectivity index (χ0n) is 9.03. The molecule has 78 valence electrons. The molecular formula is C13H16N2. The first-order valence-electron chi connectivity index (χ1n) is 5.24. The predicted molar refractivity (Wildman–Crippen MR) is 63.4 cm³/mol. The number of rotatable bonds is 5. The van der Waals surface area contributed by atoms with Crippen molar-refractivity contribution in [3.05, 3.63) is 41.5 Å². The molecule has 0 spiro atoms. The Bertz CT molecular complexity index is 361. The van der Waals surface area contributed by atoms with Crippen LogP contribution >= 0.6 is 0 Å². The van der Waals surface area contributed by atoms with Gasteiger partial charge in [-0.25, -0.2) is 0 Å². The zero-order chi connectivity index (χ0) is 10.9. The summed E-state index contributed by atoms with van der Waals surface area (Å²) in [6.45, 7) is 4.07. The number of hydrogen-bond donors (Lipinski definition) is 1. The largest absolute Gasteiger partial charge is 0.313 e. The van der Waals surface area contributed by atoms with Crippen molar-refractivity contribution < 1.29 is 0 Å². The molecule has 0 bridgehead atoms. The number of hydrogen-bond acceptors (Lipinski definition) is 2. The van der Waals surface area contributed by atoms with E-state index in [2.05, 4.69) is 24.4 Å². The molecule has 2 heteroatoms. The van der Waals surface area contributed by atoms with Crippen LogP contribution in [0.2, 0.25) is 0 Å². The van der Waals surface area contributed by atoms with E-state index in [1.165, 1.54) is 0 Å². The molecule has 0 saturated heterocycles. The van der Waals surface area contributed by atoms with Gasteiger partial charge >= 0.3 is 0 Å². The van der Waals surface area contributed by atoms with Gasteiger partial charge in [0, 0.05) is 6.54 Å². The number of nitrogens with one attached hydrogen (secondary N) is 1. The van der Waals surface area contributed by atoms with Crippen molar-refractivity contribution in [3.63, 3.8) is 0 Å². The first-order chi connectivity index (χ1) is 7.36.